The Labute approximate surface area is 111 Å². The third kappa shape index (κ3) is 3.82. The van der Waals surface area contributed by atoms with Gasteiger partial charge in [0.2, 0.25) is 5.89 Å². The minimum absolute atomic E-state index is 0.332. The summed E-state index contributed by atoms with van der Waals surface area (Å²) in [4.78, 5) is 4.14. The number of nitrogens with one attached hydrogen (secondary N) is 1. The van der Waals surface area contributed by atoms with Gasteiger partial charge in [0, 0.05) is 11.1 Å². The fourth-order valence-corrected chi connectivity index (χ4v) is 1.85. The second-order valence-corrected chi connectivity index (χ2v) is 4.78. The molecule has 0 fully saturated rings. The van der Waals surface area contributed by atoms with Gasteiger partial charge in [-0.3, -0.25) is 0 Å². The Balaban J connectivity index is 1.81. The molecule has 0 aliphatic heterocycles. The molecule has 2 aromatic rings. The lowest BCUT2D eigenvalue weighted by molar-refractivity contribution is 0.356. The number of rotatable bonds is 5. The number of nitrogens with zero attached hydrogens (tertiary/aromatic N) is 2. The summed E-state index contributed by atoms with van der Waals surface area (Å²) in [5.41, 5.74) is 1.25. The normalized spacial score (nSPS) is 12.6. The molecule has 1 heterocycles. The second-order valence-electron chi connectivity index (χ2n) is 4.35. The van der Waals surface area contributed by atoms with Gasteiger partial charge in [-0.2, -0.15) is 4.98 Å². The molecule has 0 radical (unpaired) electrons. The quantitative estimate of drug-likeness (QED) is 0.903. The van der Waals surface area contributed by atoms with E-state index in [0.717, 1.165) is 11.4 Å². The van der Waals surface area contributed by atoms with Crippen molar-refractivity contribution in [3.8, 4) is 0 Å². The van der Waals surface area contributed by atoms with E-state index in [4.69, 9.17) is 16.1 Å². The lowest BCUT2D eigenvalue weighted by atomic mass is 10.1. The summed E-state index contributed by atoms with van der Waals surface area (Å²) in [5, 5.41) is 7.86. The Hall–Kier alpha value is -1.39. The molecule has 0 aliphatic carbocycles. The van der Waals surface area contributed by atoms with Gasteiger partial charge >= 0.3 is 0 Å². The summed E-state index contributed by atoms with van der Waals surface area (Å²) in [6.07, 6.45) is 0.935. The van der Waals surface area contributed by atoms with Crippen LogP contribution < -0.4 is 5.32 Å². The molecule has 0 saturated heterocycles. The standard InChI is InChI=1S/C13H16ClN3O/c1-9(7-11-3-5-12(14)6-4-11)15-8-13-16-10(2)17-18-13/h3-6,9,15H,7-8H2,1-2H3/t9-/m0/s1. The van der Waals surface area contributed by atoms with Crippen LogP contribution in [-0.2, 0) is 13.0 Å². The molecule has 0 unspecified atom stereocenters. The first kappa shape index (κ1) is 13.1. The minimum atomic E-state index is 0.332. The van der Waals surface area contributed by atoms with E-state index in [2.05, 4.69) is 22.4 Å². The van der Waals surface area contributed by atoms with E-state index < -0.39 is 0 Å². The molecule has 0 amide bonds. The average Bonchev–Trinajstić information content (AvgIpc) is 2.76. The van der Waals surface area contributed by atoms with Gasteiger partial charge < -0.3 is 9.84 Å². The molecule has 1 N–H and O–H groups in total. The molecular formula is C13H16ClN3O. The summed E-state index contributed by atoms with van der Waals surface area (Å²) >= 11 is 5.85. The largest absolute Gasteiger partial charge is 0.338 e. The zero-order valence-electron chi connectivity index (χ0n) is 10.5. The molecule has 96 valence electrons. The smallest absolute Gasteiger partial charge is 0.240 e. The van der Waals surface area contributed by atoms with Crippen molar-refractivity contribution in [3.05, 3.63) is 46.6 Å². The van der Waals surface area contributed by atoms with Crippen molar-refractivity contribution in [1.29, 1.82) is 0 Å². The number of benzene rings is 1. The van der Waals surface area contributed by atoms with Gasteiger partial charge in [0.15, 0.2) is 5.82 Å². The predicted molar refractivity (Wildman–Crippen MR) is 70.5 cm³/mol. The molecule has 0 aliphatic rings. The van der Waals surface area contributed by atoms with E-state index in [-0.39, 0.29) is 0 Å². The van der Waals surface area contributed by atoms with Crippen molar-refractivity contribution < 1.29 is 4.52 Å². The zero-order chi connectivity index (χ0) is 13.0. The van der Waals surface area contributed by atoms with Crippen molar-refractivity contribution in [2.45, 2.75) is 32.9 Å². The van der Waals surface area contributed by atoms with Crippen LogP contribution in [0.15, 0.2) is 28.8 Å². The highest BCUT2D eigenvalue weighted by molar-refractivity contribution is 6.30. The third-order valence-electron chi connectivity index (χ3n) is 2.63. The van der Waals surface area contributed by atoms with E-state index in [1.54, 1.807) is 0 Å². The van der Waals surface area contributed by atoms with Gasteiger partial charge in [-0.25, -0.2) is 0 Å². The Morgan fingerprint density at radius 3 is 2.67 bits per heavy atom. The van der Waals surface area contributed by atoms with Crippen LogP contribution in [0.4, 0.5) is 0 Å². The molecule has 0 bridgehead atoms. The number of halogens is 1. The molecule has 1 aromatic heterocycles. The van der Waals surface area contributed by atoms with Gasteiger partial charge in [-0.1, -0.05) is 28.9 Å². The van der Waals surface area contributed by atoms with Crippen LogP contribution in [0.25, 0.3) is 0 Å². The Kier molecular flexibility index (Phi) is 4.33. The summed E-state index contributed by atoms with van der Waals surface area (Å²) in [7, 11) is 0. The lowest BCUT2D eigenvalue weighted by Gasteiger charge is -2.12. The highest BCUT2D eigenvalue weighted by atomic mass is 35.5. The fourth-order valence-electron chi connectivity index (χ4n) is 1.72. The number of aryl methyl sites for hydroxylation is 1. The van der Waals surface area contributed by atoms with E-state index in [1.807, 2.05) is 31.2 Å². The van der Waals surface area contributed by atoms with Crippen LogP contribution >= 0.6 is 11.6 Å². The molecule has 5 heteroatoms. The summed E-state index contributed by atoms with van der Waals surface area (Å²) in [6.45, 7) is 4.53. The SMILES string of the molecule is Cc1noc(CN[C@@H](C)Cc2ccc(Cl)cc2)n1. The summed E-state index contributed by atoms with van der Waals surface area (Å²) in [5.74, 6) is 1.28. The van der Waals surface area contributed by atoms with E-state index in [0.29, 0.717) is 24.3 Å². The highest BCUT2D eigenvalue weighted by Crippen LogP contribution is 2.11. The van der Waals surface area contributed by atoms with Gasteiger partial charge in [0.05, 0.1) is 6.54 Å². The van der Waals surface area contributed by atoms with Gasteiger partial charge in [-0.05, 0) is 38.0 Å². The first-order chi connectivity index (χ1) is 8.63. The molecule has 2 rings (SSSR count). The van der Waals surface area contributed by atoms with Crippen molar-refractivity contribution in [3.63, 3.8) is 0 Å². The Morgan fingerprint density at radius 2 is 2.06 bits per heavy atom. The molecule has 0 saturated carbocycles. The average molecular weight is 266 g/mol. The van der Waals surface area contributed by atoms with E-state index in [9.17, 15) is 0 Å². The van der Waals surface area contributed by atoms with Gasteiger partial charge in [0.25, 0.3) is 0 Å². The van der Waals surface area contributed by atoms with Gasteiger partial charge in [-0.15, -0.1) is 0 Å². The van der Waals surface area contributed by atoms with Crippen molar-refractivity contribution >= 4 is 11.6 Å². The van der Waals surface area contributed by atoms with Crippen LogP contribution in [0.3, 0.4) is 0 Å². The predicted octanol–water partition coefficient (Wildman–Crippen LogP) is 2.75. The molecule has 4 nitrogen and oxygen atoms in total. The van der Waals surface area contributed by atoms with Crippen molar-refractivity contribution in [1.82, 2.24) is 15.5 Å². The maximum atomic E-state index is 5.85. The topological polar surface area (TPSA) is 51.0 Å². The van der Waals surface area contributed by atoms with Crippen LogP contribution in [0.1, 0.15) is 24.2 Å². The van der Waals surface area contributed by atoms with Crippen LogP contribution in [-0.4, -0.2) is 16.2 Å². The van der Waals surface area contributed by atoms with Crippen LogP contribution in [0.5, 0.6) is 0 Å². The highest BCUT2D eigenvalue weighted by Gasteiger charge is 2.06. The maximum Gasteiger partial charge on any atom is 0.240 e. The Bertz CT molecular complexity index is 495. The second kappa shape index (κ2) is 5.98. The van der Waals surface area contributed by atoms with Crippen molar-refractivity contribution in [2.24, 2.45) is 0 Å². The van der Waals surface area contributed by atoms with Crippen LogP contribution in [0.2, 0.25) is 5.02 Å². The van der Waals surface area contributed by atoms with E-state index in [1.165, 1.54) is 5.56 Å². The maximum absolute atomic E-state index is 5.85. The number of hydrogen-bond acceptors (Lipinski definition) is 4. The van der Waals surface area contributed by atoms with Gasteiger partial charge in [0.1, 0.15) is 0 Å². The molecule has 0 spiro atoms. The molecule has 1 aromatic carbocycles. The zero-order valence-corrected chi connectivity index (χ0v) is 11.2. The fraction of sp³-hybridized carbons (Fsp3) is 0.385. The molecule has 18 heavy (non-hydrogen) atoms. The minimum Gasteiger partial charge on any atom is -0.338 e. The summed E-state index contributed by atoms with van der Waals surface area (Å²) in [6, 6.07) is 8.23. The monoisotopic (exact) mass is 265 g/mol. The Morgan fingerprint density at radius 1 is 1.33 bits per heavy atom. The van der Waals surface area contributed by atoms with Crippen LogP contribution in [0, 0.1) is 6.92 Å². The number of hydrogen-bond donors (Lipinski definition) is 1. The van der Waals surface area contributed by atoms with Crippen molar-refractivity contribution in [2.75, 3.05) is 0 Å². The number of aromatic nitrogens is 2. The first-order valence-electron chi connectivity index (χ1n) is 5.90. The molecular weight excluding hydrogens is 250 g/mol. The lowest BCUT2D eigenvalue weighted by Crippen LogP contribution is -2.27. The van der Waals surface area contributed by atoms with E-state index >= 15 is 0 Å². The molecule has 1 atom stereocenters. The first-order valence-corrected chi connectivity index (χ1v) is 6.28. The summed E-state index contributed by atoms with van der Waals surface area (Å²) < 4.78 is 5.04. The third-order valence-corrected chi connectivity index (χ3v) is 2.88.